The van der Waals surface area contributed by atoms with Gasteiger partial charge in [-0.25, -0.2) is 4.98 Å². The Morgan fingerprint density at radius 1 is 1.08 bits per heavy atom. The van der Waals surface area contributed by atoms with Crippen molar-refractivity contribution in [1.82, 2.24) is 14.7 Å². The van der Waals surface area contributed by atoms with Crippen molar-refractivity contribution >= 4 is 17.6 Å². The predicted molar refractivity (Wildman–Crippen MR) is 107 cm³/mol. The smallest absolute Gasteiger partial charge is 0.244 e. The molecular formula is C22H25N3O. The van der Waals surface area contributed by atoms with Gasteiger partial charge in [0, 0.05) is 23.4 Å². The maximum absolute atomic E-state index is 12.2. The van der Waals surface area contributed by atoms with E-state index in [-0.39, 0.29) is 11.4 Å². The normalized spacial score (nSPS) is 12.0. The molecule has 0 saturated carbocycles. The van der Waals surface area contributed by atoms with Crippen molar-refractivity contribution in [3.63, 3.8) is 0 Å². The molecule has 0 unspecified atom stereocenters. The number of hydrogen-bond donors (Lipinski definition) is 1. The van der Waals surface area contributed by atoms with Crippen LogP contribution in [0.25, 0.3) is 23.0 Å². The van der Waals surface area contributed by atoms with E-state index < -0.39 is 0 Å². The number of hydrogen-bond acceptors (Lipinski definition) is 2. The number of carbonyl (C=O) groups is 1. The van der Waals surface area contributed by atoms with E-state index >= 15 is 0 Å². The van der Waals surface area contributed by atoms with E-state index in [2.05, 4.69) is 36.5 Å². The van der Waals surface area contributed by atoms with Crippen molar-refractivity contribution in [2.45, 2.75) is 40.2 Å². The molecule has 0 radical (unpaired) electrons. The molecule has 0 bridgehead atoms. The molecule has 2 heterocycles. The molecule has 1 aromatic carbocycles. The van der Waals surface area contributed by atoms with Gasteiger partial charge in [-0.05, 0) is 58.4 Å². The predicted octanol–water partition coefficient (Wildman–Crippen LogP) is 4.55. The Morgan fingerprint density at radius 3 is 2.42 bits per heavy atom. The molecule has 4 heteroatoms. The highest BCUT2D eigenvalue weighted by Crippen LogP contribution is 2.26. The zero-order chi connectivity index (χ0) is 18.9. The fourth-order valence-corrected chi connectivity index (χ4v) is 2.81. The van der Waals surface area contributed by atoms with E-state index in [4.69, 9.17) is 4.98 Å². The van der Waals surface area contributed by atoms with Crippen LogP contribution in [0.5, 0.6) is 0 Å². The van der Waals surface area contributed by atoms with Gasteiger partial charge in [0.05, 0.1) is 11.4 Å². The third-order valence-electron chi connectivity index (χ3n) is 4.03. The summed E-state index contributed by atoms with van der Waals surface area (Å²) in [6.45, 7) is 10.0. The van der Waals surface area contributed by atoms with Crippen LogP contribution in [-0.2, 0) is 4.79 Å². The Hall–Kier alpha value is -2.88. The molecule has 3 rings (SSSR count). The first-order chi connectivity index (χ1) is 12.2. The molecule has 3 aromatic rings. The fraction of sp³-hybridized carbons (Fsp3) is 0.273. The van der Waals surface area contributed by atoms with E-state index in [1.807, 2.05) is 56.5 Å². The van der Waals surface area contributed by atoms with Gasteiger partial charge < -0.3 is 5.32 Å². The van der Waals surface area contributed by atoms with Gasteiger partial charge >= 0.3 is 0 Å². The number of benzene rings is 1. The number of fused-ring (bicyclic) bond motifs is 1. The van der Waals surface area contributed by atoms with Crippen molar-refractivity contribution in [3.05, 3.63) is 65.5 Å². The molecule has 26 heavy (non-hydrogen) atoms. The lowest BCUT2D eigenvalue weighted by Crippen LogP contribution is -2.39. The molecule has 1 N–H and O–H groups in total. The summed E-state index contributed by atoms with van der Waals surface area (Å²) in [5, 5.41) is 2.95. The highest BCUT2D eigenvalue weighted by molar-refractivity contribution is 5.93. The minimum Gasteiger partial charge on any atom is -0.348 e. The van der Waals surface area contributed by atoms with Crippen LogP contribution in [0.2, 0.25) is 0 Å². The number of rotatable bonds is 3. The van der Waals surface area contributed by atoms with Crippen LogP contribution in [0, 0.1) is 13.8 Å². The number of aryl methyl sites for hydroxylation is 2. The molecule has 0 fully saturated rings. The summed E-state index contributed by atoms with van der Waals surface area (Å²) in [6.07, 6.45) is 5.41. The average molecular weight is 347 g/mol. The maximum Gasteiger partial charge on any atom is 0.244 e. The molecule has 0 aliphatic heterocycles. The molecule has 0 atom stereocenters. The molecule has 0 spiro atoms. The summed E-state index contributed by atoms with van der Waals surface area (Å²) < 4.78 is 2.02. The van der Waals surface area contributed by atoms with Gasteiger partial charge in [0.25, 0.3) is 0 Å². The fourth-order valence-electron chi connectivity index (χ4n) is 2.81. The van der Waals surface area contributed by atoms with Crippen molar-refractivity contribution in [1.29, 1.82) is 0 Å². The van der Waals surface area contributed by atoms with Gasteiger partial charge in [0.1, 0.15) is 5.65 Å². The zero-order valence-electron chi connectivity index (χ0n) is 16.0. The highest BCUT2D eigenvalue weighted by Gasteiger charge is 2.14. The SMILES string of the molecule is Cc1ccc(-c2nc3cc(C)ccn3c2/C=C/C(=O)NC(C)(C)C)cc1. The summed E-state index contributed by atoms with van der Waals surface area (Å²) in [5.41, 5.74) is 5.76. The third kappa shape index (κ3) is 4.02. The second kappa shape index (κ2) is 6.79. The van der Waals surface area contributed by atoms with E-state index in [1.165, 1.54) is 5.56 Å². The van der Waals surface area contributed by atoms with Gasteiger partial charge in [-0.1, -0.05) is 29.8 Å². The topological polar surface area (TPSA) is 46.4 Å². The summed E-state index contributed by atoms with van der Waals surface area (Å²) in [7, 11) is 0. The van der Waals surface area contributed by atoms with E-state index in [1.54, 1.807) is 6.08 Å². The van der Waals surface area contributed by atoms with Crippen molar-refractivity contribution in [2.75, 3.05) is 0 Å². The molecule has 0 aliphatic rings. The second-order valence-electron chi connectivity index (χ2n) is 7.72. The first kappa shape index (κ1) is 17.9. The average Bonchev–Trinajstić information content (AvgIpc) is 2.89. The minimum absolute atomic E-state index is 0.116. The molecule has 2 aromatic heterocycles. The lowest BCUT2D eigenvalue weighted by molar-refractivity contribution is -0.117. The molecule has 4 nitrogen and oxygen atoms in total. The Kier molecular flexibility index (Phi) is 4.68. The number of imidazole rings is 1. The number of amides is 1. The summed E-state index contributed by atoms with van der Waals surface area (Å²) in [6, 6.07) is 12.4. The first-order valence-corrected chi connectivity index (χ1v) is 8.79. The summed E-state index contributed by atoms with van der Waals surface area (Å²) >= 11 is 0. The van der Waals surface area contributed by atoms with Gasteiger partial charge in [-0.2, -0.15) is 0 Å². The summed E-state index contributed by atoms with van der Waals surface area (Å²) in [4.78, 5) is 17.0. The number of aromatic nitrogens is 2. The Morgan fingerprint density at radius 2 is 1.77 bits per heavy atom. The van der Waals surface area contributed by atoms with Crippen molar-refractivity contribution in [3.8, 4) is 11.3 Å². The Balaban J connectivity index is 2.08. The van der Waals surface area contributed by atoms with Crippen LogP contribution in [0.1, 0.15) is 37.6 Å². The number of nitrogens with zero attached hydrogens (tertiary/aromatic N) is 2. The molecular weight excluding hydrogens is 322 g/mol. The standard InChI is InChI=1S/C22H25N3O/c1-15-6-8-17(9-7-15)21-18(10-11-20(26)24-22(3,4)5)25-13-12-16(2)14-19(25)23-21/h6-14H,1-5H3,(H,24,26)/b11-10+. The van der Waals surface area contributed by atoms with Gasteiger partial charge in [0.15, 0.2) is 0 Å². The quantitative estimate of drug-likeness (QED) is 0.707. The van der Waals surface area contributed by atoms with Crippen LogP contribution in [0.4, 0.5) is 0 Å². The molecule has 0 saturated heterocycles. The summed E-state index contributed by atoms with van der Waals surface area (Å²) in [5.74, 6) is -0.116. The Bertz CT molecular complexity index is 973. The van der Waals surface area contributed by atoms with Crippen LogP contribution in [0.15, 0.2) is 48.7 Å². The third-order valence-corrected chi connectivity index (χ3v) is 4.03. The van der Waals surface area contributed by atoms with Gasteiger partial charge in [-0.15, -0.1) is 0 Å². The lowest BCUT2D eigenvalue weighted by Gasteiger charge is -2.18. The van der Waals surface area contributed by atoms with E-state index in [9.17, 15) is 4.79 Å². The minimum atomic E-state index is -0.266. The van der Waals surface area contributed by atoms with Crippen LogP contribution < -0.4 is 5.32 Å². The largest absolute Gasteiger partial charge is 0.348 e. The number of pyridine rings is 1. The lowest BCUT2D eigenvalue weighted by atomic mass is 10.1. The second-order valence-corrected chi connectivity index (χ2v) is 7.72. The van der Waals surface area contributed by atoms with Crippen LogP contribution in [-0.4, -0.2) is 20.8 Å². The van der Waals surface area contributed by atoms with Gasteiger partial charge in [0.2, 0.25) is 5.91 Å². The van der Waals surface area contributed by atoms with Crippen LogP contribution >= 0.6 is 0 Å². The van der Waals surface area contributed by atoms with E-state index in [0.29, 0.717) is 0 Å². The zero-order valence-corrected chi connectivity index (χ0v) is 16.0. The van der Waals surface area contributed by atoms with Crippen molar-refractivity contribution < 1.29 is 4.79 Å². The first-order valence-electron chi connectivity index (χ1n) is 8.79. The Labute approximate surface area is 154 Å². The maximum atomic E-state index is 12.2. The van der Waals surface area contributed by atoms with Crippen molar-refractivity contribution in [2.24, 2.45) is 0 Å². The number of nitrogens with one attached hydrogen (secondary N) is 1. The monoisotopic (exact) mass is 347 g/mol. The molecule has 1 amide bonds. The van der Waals surface area contributed by atoms with Crippen LogP contribution in [0.3, 0.4) is 0 Å². The van der Waals surface area contributed by atoms with Gasteiger partial charge in [-0.3, -0.25) is 9.20 Å². The number of carbonyl (C=O) groups excluding carboxylic acids is 1. The molecule has 134 valence electrons. The highest BCUT2D eigenvalue weighted by atomic mass is 16.1. The molecule has 0 aliphatic carbocycles. The van der Waals surface area contributed by atoms with E-state index in [0.717, 1.165) is 28.2 Å².